The summed E-state index contributed by atoms with van der Waals surface area (Å²) in [6.07, 6.45) is 0. The molecule has 5 rings (SSSR count). The first-order chi connectivity index (χ1) is 14.0. The Morgan fingerprint density at radius 2 is 1.59 bits per heavy atom. The number of fused-ring (bicyclic) bond motifs is 3. The number of aromatic nitrogens is 2. The average Bonchev–Trinajstić information content (AvgIpc) is 2.99. The molecule has 0 unspecified atom stereocenters. The lowest BCUT2D eigenvalue weighted by Crippen LogP contribution is -2.33. The van der Waals surface area contributed by atoms with E-state index in [1.54, 1.807) is 36.4 Å². The van der Waals surface area contributed by atoms with Crippen molar-refractivity contribution in [2.75, 3.05) is 5.32 Å². The van der Waals surface area contributed by atoms with Gasteiger partial charge in [0.15, 0.2) is 5.78 Å². The van der Waals surface area contributed by atoms with E-state index in [4.69, 9.17) is 5.11 Å². The summed E-state index contributed by atoms with van der Waals surface area (Å²) < 4.78 is 0. The normalized spacial score (nSPS) is 16.7. The Bertz CT molecular complexity index is 1360. The lowest BCUT2D eigenvalue weighted by atomic mass is 9.81. The maximum absolute atomic E-state index is 13.2. The Hall–Kier alpha value is -4.20. The Morgan fingerprint density at radius 1 is 0.897 bits per heavy atom. The van der Waals surface area contributed by atoms with E-state index < -0.39 is 23.1 Å². The van der Waals surface area contributed by atoms with Crippen molar-refractivity contribution < 1.29 is 14.7 Å². The van der Waals surface area contributed by atoms with Crippen molar-refractivity contribution in [1.82, 2.24) is 9.97 Å². The van der Waals surface area contributed by atoms with Gasteiger partial charge in [0.25, 0.3) is 5.56 Å². The summed E-state index contributed by atoms with van der Waals surface area (Å²) in [5, 5.41) is 12.2. The molecular formula is C21H13N3O5. The van der Waals surface area contributed by atoms with Crippen LogP contribution >= 0.6 is 0 Å². The van der Waals surface area contributed by atoms with Crippen LogP contribution in [-0.2, 0) is 0 Å². The van der Waals surface area contributed by atoms with E-state index in [2.05, 4.69) is 15.3 Å². The third-order valence-electron chi connectivity index (χ3n) is 5.25. The number of aromatic amines is 2. The van der Waals surface area contributed by atoms with Crippen molar-refractivity contribution in [3.05, 3.63) is 103 Å². The highest BCUT2D eigenvalue weighted by molar-refractivity contribution is 6.23. The minimum Gasteiger partial charge on any atom is -0.478 e. The number of hydrogen-bond donors (Lipinski definition) is 4. The molecule has 0 fully saturated rings. The van der Waals surface area contributed by atoms with Crippen molar-refractivity contribution in [1.29, 1.82) is 0 Å². The third kappa shape index (κ3) is 2.39. The zero-order valence-electron chi connectivity index (χ0n) is 14.8. The van der Waals surface area contributed by atoms with E-state index >= 15 is 0 Å². The second-order valence-electron chi connectivity index (χ2n) is 6.85. The van der Waals surface area contributed by atoms with Gasteiger partial charge in [0, 0.05) is 22.6 Å². The van der Waals surface area contributed by atoms with E-state index in [1.807, 2.05) is 0 Å². The number of benzene rings is 2. The highest BCUT2D eigenvalue weighted by atomic mass is 16.4. The average molecular weight is 387 g/mol. The molecule has 0 spiro atoms. The van der Waals surface area contributed by atoms with Crippen LogP contribution in [0.1, 0.15) is 43.3 Å². The summed E-state index contributed by atoms with van der Waals surface area (Å²) in [6, 6.07) is 13.1. The predicted octanol–water partition coefficient (Wildman–Crippen LogP) is 1.93. The molecule has 1 aliphatic heterocycles. The number of allylic oxidation sites excluding steroid dienone is 1. The van der Waals surface area contributed by atoms with Crippen LogP contribution in [-0.4, -0.2) is 26.8 Å². The molecule has 2 aromatic carbocycles. The molecule has 1 aromatic heterocycles. The molecule has 0 amide bonds. The molecule has 29 heavy (non-hydrogen) atoms. The van der Waals surface area contributed by atoms with Crippen LogP contribution < -0.4 is 16.6 Å². The molecule has 0 saturated carbocycles. The van der Waals surface area contributed by atoms with Gasteiger partial charge >= 0.3 is 11.7 Å². The summed E-state index contributed by atoms with van der Waals surface area (Å²) in [5.41, 5.74) is 1.70. The number of ketones is 1. The van der Waals surface area contributed by atoms with Crippen LogP contribution in [0.3, 0.4) is 0 Å². The maximum Gasteiger partial charge on any atom is 0.335 e. The number of anilines is 1. The van der Waals surface area contributed by atoms with Crippen molar-refractivity contribution in [3.8, 4) is 0 Å². The number of Topliss-reactive ketones (excluding diaryl/α,β-unsaturated/α-hetero) is 1. The minimum absolute atomic E-state index is 0.0912. The van der Waals surface area contributed by atoms with Crippen molar-refractivity contribution in [3.63, 3.8) is 0 Å². The molecule has 1 aliphatic carbocycles. The molecular weight excluding hydrogens is 374 g/mol. The van der Waals surface area contributed by atoms with Crippen molar-refractivity contribution in [2.24, 2.45) is 0 Å². The standard InChI is InChI=1S/C21H13N3O5/c25-17-12-4-2-1-3-11(12)16-14(17)13(9-5-7-10(8-6-9)20(27)28)15-18(22-16)23-21(29)24-19(15)26/h1-8,13H,(H,27,28)(H3,22,23,24,26,29)/t13-/m0/s1. The van der Waals surface area contributed by atoms with Crippen LogP contribution in [0, 0.1) is 0 Å². The van der Waals surface area contributed by atoms with Gasteiger partial charge in [-0.1, -0.05) is 36.4 Å². The summed E-state index contributed by atoms with van der Waals surface area (Å²) in [4.78, 5) is 53.7. The highest BCUT2D eigenvalue weighted by Crippen LogP contribution is 2.47. The molecule has 1 atom stereocenters. The number of nitrogens with one attached hydrogen (secondary N) is 3. The fourth-order valence-corrected chi connectivity index (χ4v) is 4.00. The van der Waals surface area contributed by atoms with Crippen LogP contribution in [0.4, 0.5) is 5.82 Å². The largest absolute Gasteiger partial charge is 0.478 e. The Balaban J connectivity index is 1.79. The van der Waals surface area contributed by atoms with E-state index in [1.165, 1.54) is 12.1 Å². The van der Waals surface area contributed by atoms with Gasteiger partial charge in [-0.05, 0) is 17.7 Å². The van der Waals surface area contributed by atoms with Gasteiger partial charge in [-0.25, -0.2) is 9.59 Å². The first kappa shape index (κ1) is 16.9. The van der Waals surface area contributed by atoms with Gasteiger partial charge in [-0.3, -0.25) is 19.6 Å². The number of H-pyrrole nitrogens is 2. The minimum atomic E-state index is -1.08. The van der Waals surface area contributed by atoms with Crippen LogP contribution in [0.2, 0.25) is 0 Å². The topological polar surface area (TPSA) is 132 Å². The van der Waals surface area contributed by atoms with Crippen LogP contribution in [0.15, 0.2) is 63.7 Å². The lowest BCUT2D eigenvalue weighted by molar-refractivity contribution is 0.0696. The maximum atomic E-state index is 13.2. The van der Waals surface area contributed by atoms with Gasteiger partial charge in [-0.15, -0.1) is 0 Å². The van der Waals surface area contributed by atoms with Gasteiger partial charge < -0.3 is 10.4 Å². The molecule has 2 heterocycles. The molecule has 3 aromatic rings. The molecule has 0 bridgehead atoms. The van der Waals surface area contributed by atoms with Gasteiger partial charge in [0.2, 0.25) is 0 Å². The zero-order valence-corrected chi connectivity index (χ0v) is 14.8. The van der Waals surface area contributed by atoms with Gasteiger partial charge in [0.1, 0.15) is 5.82 Å². The number of aromatic carboxylic acids is 1. The number of carbonyl (C=O) groups is 2. The van der Waals surface area contributed by atoms with Crippen LogP contribution in [0.5, 0.6) is 0 Å². The fourth-order valence-electron chi connectivity index (χ4n) is 4.00. The third-order valence-corrected chi connectivity index (χ3v) is 5.25. The lowest BCUT2D eigenvalue weighted by Gasteiger charge is -2.27. The predicted molar refractivity (Wildman–Crippen MR) is 104 cm³/mol. The van der Waals surface area contributed by atoms with Crippen LogP contribution in [0.25, 0.3) is 5.70 Å². The Kier molecular flexibility index (Phi) is 3.44. The Morgan fingerprint density at radius 3 is 2.28 bits per heavy atom. The number of carboxylic acid groups (broad SMARTS) is 1. The van der Waals surface area contributed by atoms with E-state index in [0.29, 0.717) is 28.0 Å². The van der Waals surface area contributed by atoms with Crippen molar-refractivity contribution >= 4 is 23.3 Å². The molecule has 4 N–H and O–H groups in total. The molecule has 0 saturated heterocycles. The summed E-state index contributed by atoms with van der Waals surface area (Å²) in [5.74, 6) is -1.83. The molecule has 8 nitrogen and oxygen atoms in total. The molecule has 2 aliphatic rings. The smallest absolute Gasteiger partial charge is 0.335 e. The van der Waals surface area contributed by atoms with E-state index in [9.17, 15) is 19.2 Å². The number of hydrogen-bond acceptors (Lipinski definition) is 5. The SMILES string of the molecule is O=C(O)c1ccc([C@H]2C3=C(Nc4[nH]c(=O)[nH]c(=O)c42)c2ccccc2C3=O)cc1. The number of carbonyl (C=O) groups excluding carboxylic acids is 1. The summed E-state index contributed by atoms with van der Waals surface area (Å²) in [7, 11) is 0. The number of carboxylic acids is 1. The monoisotopic (exact) mass is 387 g/mol. The second kappa shape index (κ2) is 5.90. The molecule has 142 valence electrons. The fraction of sp³-hybridized carbons (Fsp3) is 0.0476. The molecule has 0 radical (unpaired) electrons. The highest BCUT2D eigenvalue weighted by Gasteiger charge is 2.41. The number of rotatable bonds is 2. The second-order valence-corrected chi connectivity index (χ2v) is 6.85. The summed E-state index contributed by atoms with van der Waals surface area (Å²) in [6.45, 7) is 0. The quantitative estimate of drug-likeness (QED) is 0.531. The van der Waals surface area contributed by atoms with Gasteiger partial charge in [-0.2, -0.15) is 0 Å². The summed E-state index contributed by atoms with van der Waals surface area (Å²) >= 11 is 0. The van der Waals surface area contributed by atoms with E-state index in [-0.39, 0.29) is 22.7 Å². The zero-order chi connectivity index (χ0) is 20.3. The van der Waals surface area contributed by atoms with Gasteiger partial charge in [0.05, 0.1) is 16.8 Å². The molecule has 8 heteroatoms. The first-order valence-corrected chi connectivity index (χ1v) is 8.80. The Labute approximate surface area is 162 Å². The van der Waals surface area contributed by atoms with Crippen molar-refractivity contribution in [2.45, 2.75) is 5.92 Å². The van der Waals surface area contributed by atoms with E-state index in [0.717, 1.165) is 0 Å². The first-order valence-electron chi connectivity index (χ1n) is 8.80.